The van der Waals surface area contributed by atoms with Crippen LogP contribution in [0.15, 0.2) is 17.2 Å². The van der Waals surface area contributed by atoms with Crippen molar-refractivity contribution in [2.24, 2.45) is 0 Å². The number of methoxy groups -OCH3 is 1. The molecule has 2 unspecified atom stereocenters. The molecule has 5 nitrogen and oxygen atoms in total. The third-order valence-corrected chi connectivity index (χ3v) is 5.86. The zero-order valence-electron chi connectivity index (χ0n) is 14.7. The van der Waals surface area contributed by atoms with E-state index in [1.807, 2.05) is 13.8 Å². The Morgan fingerprint density at radius 2 is 2.24 bits per heavy atom. The average Bonchev–Trinajstić information content (AvgIpc) is 2.97. The quantitative estimate of drug-likeness (QED) is 0.835. The average molecular weight is 364 g/mol. The van der Waals surface area contributed by atoms with Crippen molar-refractivity contribution in [1.29, 1.82) is 0 Å². The molecule has 0 spiro atoms. The summed E-state index contributed by atoms with van der Waals surface area (Å²) in [7, 11) is 1.60. The summed E-state index contributed by atoms with van der Waals surface area (Å²) in [6, 6.07) is 1.26. The molecule has 0 saturated heterocycles. The second-order valence-corrected chi connectivity index (χ2v) is 7.64. The Balaban J connectivity index is 2.13. The fraction of sp³-hybridized carbons (Fsp3) is 0.444. The molecule has 1 aliphatic heterocycles. The number of aromatic nitrogens is 2. The van der Waals surface area contributed by atoms with Gasteiger partial charge in [-0.1, -0.05) is 6.92 Å². The van der Waals surface area contributed by atoms with Gasteiger partial charge in [0.05, 0.1) is 12.3 Å². The zero-order valence-corrected chi connectivity index (χ0v) is 15.5. The largest absolute Gasteiger partial charge is 0.493 e. The van der Waals surface area contributed by atoms with Crippen molar-refractivity contribution in [2.75, 3.05) is 7.11 Å². The molecule has 0 radical (unpaired) electrons. The predicted molar refractivity (Wildman–Crippen MR) is 93.8 cm³/mol. The van der Waals surface area contributed by atoms with E-state index in [2.05, 4.69) is 5.10 Å². The number of hydrogen-bond donors (Lipinski definition) is 1. The summed E-state index contributed by atoms with van der Waals surface area (Å²) in [5, 5.41) is 14.4. The Labute approximate surface area is 150 Å². The van der Waals surface area contributed by atoms with Crippen LogP contribution < -0.4 is 0 Å². The van der Waals surface area contributed by atoms with Gasteiger partial charge in [-0.25, -0.2) is 9.07 Å². The predicted octanol–water partition coefficient (Wildman–Crippen LogP) is 3.86. The minimum absolute atomic E-state index is 0.0788. The lowest BCUT2D eigenvalue weighted by Gasteiger charge is -2.30. The van der Waals surface area contributed by atoms with Crippen molar-refractivity contribution in [3.8, 4) is 5.88 Å². The van der Waals surface area contributed by atoms with Gasteiger partial charge in [-0.15, -0.1) is 11.8 Å². The van der Waals surface area contributed by atoms with Crippen LogP contribution in [0.2, 0.25) is 0 Å². The minimum Gasteiger partial charge on any atom is -0.493 e. The normalized spacial score (nSPS) is 19.7. The van der Waals surface area contributed by atoms with Gasteiger partial charge in [0.15, 0.2) is 5.78 Å². The van der Waals surface area contributed by atoms with Crippen LogP contribution >= 0.6 is 11.8 Å². The molecule has 0 amide bonds. The molecule has 25 heavy (non-hydrogen) atoms. The second-order valence-electron chi connectivity index (χ2n) is 6.19. The third-order valence-electron chi connectivity index (χ3n) is 4.61. The molecule has 0 fully saturated rings. The molecule has 0 aliphatic carbocycles. The Hall–Kier alpha value is -1.86. The lowest BCUT2D eigenvalue weighted by atomic mass is 9.91. The molecule has 2 atom stereocenters. The van der Waals surface area contributed by atoms with Gasteiger partial charge in [-0.2, -0.15) is 5.10 Å². The number of benzene rings is 1. The number of aryl methyl sites for hydroxylation is 1. The Kier molecular flexibility index (Phi) is 4.88. The number of halogens is 1. The molecule has 134 valence electrons. The number of ether oxygens (including phenoxy) is 1. The Bertz CT molecular complexity index is 834. The van der Waals surface area contributed by atoms with Crippen LogP contribution in [0.3, 0.4) is 0 Å². The van der Waals surface area contributed by atoms with Crippen molar-refractivity contribution < 1.29 is 19.0 Å². The summed E-state index contributed by atoms with van der Waals surface area (Å²) >= 11 is 1.47. The number of carbonyl (C=O) groups is 1. The summed E-state index contributed by atoms with van der Waals surface area (Å²) in [6.07, 6.45) is 1.83. The van der Waals surface area contributed by atoms with Gasteiger partial charge in [0.25, 0.3) is 0 Å². The van der Waals surface area contributed by atoms with Gasteiger partial charge in [-0.05, 0) is 31.9 Å². The van der Waals surface area contributed by atoms with Gasteiger partial charge in [0, 0.05) is 34.9 Å². The van der Waals surface area contributed by atoms with E-state index in [9.17, 15) is 14.3 Å². The molecule has 2 heterocycles. The molecule has 3 rings (SSSR count). The SMILES string of the molecule is CCn1ncc(C(=O)c2cc(F)c3c(c2C)C(OC)CC(C)S3)c1O. The number of ketones is 1. The number of fused-ring (bicyclic) bond motifs is 1. The highest BCUT2D eigenvalue weighted by Gasteiger charge is 2.32. The summed E-state index contributed by atoms with van der Waals surface area (Å²) in [5.74, 6) is -1.06. The number of rotatable bonds is 4. The number of thioether (sulfide) groups is 1. The first-order valence-corrected chi connectivity index (χ1v) is 9.08. The monoisotopic (exact) mass is 364 g/mol. The topological polar surface area (TPSA) is 64.4 Å². The molecule has 1 N–H and O–H groups in total. The van der Waals surface area contributed by atoms with Crippen LogP contribution in [0.5, 0.6) is 5.88 Å². The van der Waals surface area contributed by atoms with Crippen LogP contribution in [0, 0.1) is 12.7 Å². The molecular formula is C18H21FN2O3S. The zero-order chi connectivity index (χ0) is 18.3. The smallest absolute Gasteiger partial charge is 0.220 e. The fourth-order valence-electron chi connectivity index (χ4n) is 3.29. The summed E-state index contributed by atoms with van der Waals surface area (Å²) < 4.78 is 21.6. The second kappa shape index (κ2) is 6.80. The van der Waals surface area contributed by atoms with Gasteiger partial charge in [0.1, 0.15) is 11.4 Å². The van der Waals surface area contributed by atoms with Crippen molar-refractivity contribution in [3.05, 3.63) is 40.3 Å². The number of aromatic hydroxyl groups is 1. The number of carbonyl (C=O) groups excluding carboxylic acids is 1. The maximum Gasteiger partial charge on any atom is 0.220 e. The first kappa shape index (κ1) is 17.9. The van der Waals surface area contributed by atoms with Crippen LogP contribution in [0.25, 0.3) is 0 Å². The lowest BCUT2D eigenvalue weighted by molar-refractivity contribution is 0.0907. The molecule has 1 aromatic carbocycles. The van der Waals surface area contributed by atoms with Crippen LogP contribution in [-0.2, 0) is 11.3 Å². The van der Waals surface area contributed by atoms with E-state index in [1.165, 1.54) is 28.7 Å². The standard InChI is InChI=1S/C18H21FN2O3S/c1-5-21-18(23)12(8-20-21)16(22)11-7-13(19)17-15(10(11)3)14(24-4)6-9(2)25-17/h7-9,14,23H,5-6H2,1-4H3. The van der Waals surface area contributed by atoms with Gasteiger partial charge in [0.2, 0.25) is 5.88 Å². The van der Waals surface area contributed by atoms with Crippen LogP contribution in [0.4, 0.5) is 4.39 Å². The van der Waals surface area contributed by atoms with E-state index in [1.54, 1.807) is 14.0 Å². The van der Waals surface area contributed by atoms with Crippen LogP contribution in [-0.4, -0.2) is 33.0 Å². The van der Waals surface area contributed by atoms with E-state index < -0.39 is 11.6 Å². The summed E-state index contributed by atoms with van der Waals surface area (Å²) in [6.45, 7) is 6.09. The van der Waals surface area contributed by atoms with Crippen molar-refractivity contribution in [1.82, 2.24) is 9.78 Å². The van der Waals surface area contributed by atoms with Gasteiger partial charge >= 0.3 is 0 Å². The van der Waals surface area contributed by atoms with E-state index in [-0.39, 0.29) is 28.4 Å². The molecule has 1 aliphatic rings. The Morgan fingerprint density at radius 1 is 1.52 bits per heavy atom. The minimum atomic E-state index is -0.435. The lowest BCUT2D eigenvalue weighted by Crippen LogP contribution is -2.19. The molecule has 0 saturated carbocycles. The molecular weight excluding hydrogens is 343 g/mol. The van der Waals surface area contributed by atoms with Crippen molar-refractivity contribution >= 4 is 17.5 Å². The van der Waals surface area contributed by atoms with E-state index >= 15 is 0 Å². The summed E-state index contributed by atoms with van der Waals surface area (Å²) in [4.78, 5) is 13.4. The van der Waals surface area contributed by atoms with E-state index in [4.69, 9.17) is 4.74 Å². The molecule has 0 bridgehead atoms. The Morgan fingerprint density at radius 3 is 2.84 bits per heavy atom. The third kappa shape index (κ3) is 2.95. The maximum absolute atomic E-state index is 14.7. The number of nitrogens with zero attached hydrogens (tertiary/aromatic N) is 2. The summed E-state index contributed by atoms with van der Waals surface area (Å²) in [5.41, 5.74) is 1.74. The van der Waals surface area contributed by atoms with E-state index in [0.717, 1.165) is 12.0 Å². The first-order valence-electron chi connectivity index (χ1n) is 8.20. The van der Waals surface area contributed by atoms with Gasteiger partial charge in [-0.3, -0.25) is 4.79 Å². The van der Waals surface area contributed by atoms with E-state index in [0.29, 0.717) is 17.0 Å². The van der Waals surface area contributed by atoms with Crippen molar-refractivity contribution in [3.63, 3.8) is 0 Å². The first-order chi connectivity index (χ1) is 11.9. The molecule has 1 aromatic heterocycles. The van der Waals surface area contributed by atoms with Gasteiger partial charge < -0.3 is 9.84 Å². The molecule has 7 heteroatoms. The maximum atomic E-state index is 14.7. The molecule has 2 aromatic rings. The fourth-order valence-corrected chi connectivity index (χ4v) is 4.54. The highest BCUT2D eigenvalue weighted by molar-refractivity contribution is 8.00. The highest BCUT2D eigenvalue weighted by atomic mass is 32.2. The number of hydrogen-bond acceptors (Lipinski definition) is 5. The van der Waals surface area contributed by atoms with Crippen LogP contribution in [0.1, 0.15) is 53.4 Å². The van der Waals surface area contributed by atoms with Crippen molar-refractivity contribution in [2.45, 2.75) is 50.0 Å². The highest BCUT2D eigenvalue weighted by Crippen LogP contribution is 2.46.